The van der Waals surface area contributed by atoms with Crippen molar-refractivity contribution in [1.82, 2.24) is 9.88 Å². The maximum atomic E-state index is 13.8. The Morgan fingerprint density at radius 2 is 1.89 bits per heavy atom. The third kappa shape index (κ3) is 2.08. The Morgan fingerprint density at radius 3 is 2.53 bits per heavy atom. The largest absolute Gasteiger partial charge is 0.292 e. The van der Waals surface area contributed by atoms with Crippen LogP contribution in [0.4, 0.5) is 4.39 Å². The van der Waals surface area contributed by atoms with E-state index in [0.717, 1.165) is 57.8 Å². The van der Waals surface area contributed by atoms with E-state index in [1.54, 1.807) is 0 Å². The minimum atomic E-state index is -0.488. The number of Topliss-reactive ketones (excluding diaryl/α,β-unsaturated/α-hetero) is 1. The Kier molecular flexibility index (Phi) is 3.35. The molecule has 1 saturated carbocycles. The second-order valence-electron chi connectivity index (χ2n) is 5.62. The first-order chi connectivity index (χ1) is 9.24. The summed E-state index contributed by atoms with van der Waals surface area (Å²) in [6, 6.07) is 1.52. The average Bonchev–Trinajstić information content (AvgIpc) is 3.10. The number of halogens is 1. The number of pyridine rings is 1. The minimum absolute atomic E-state index is 0.0354. The van der Waals surface area contributed by atoms with Gasteiger partial charge in [-0.2, -0.15) is 0 Å². The third-order valence-corrected chi connectivity index (χ3v) is 4.58. The molecule has 2 aliphatic rings. The van der Waals surface area contributed by atoms with Gasteiger partial charge in [-0.1, -0.05) is 12.8 Å². The highest BCUT2D eigenvalue weighted by Crippen LogP contribution is 2.40. The highest BCUT2D eigenvalue weighted by atomic mass is 19.1. The Morgan fingerprint density at radius 1 is 1.21 bits per heavy atom. The first kappa shape index (κ1) is 12.7. The summed E-state index contributed by atoms with van der Waals surface area (Å²) in [5.41, 5.74) is -0.234. The van der Waals surface area contributed by atoms with Crippen LogP contribution in [0.15, 0.2) is 18.5 Å². The summed E-state index contributed by atoms with van der Waals surface area (Å²) in [4.78, 5) is 18.9. The molecule has 0 aromatic carbocycles. The van der Waals surface area contributed by atoms with Crippen LogP contribution < -0.4 is 0 Å². The van der Waals surface area contributed by atoms with Gasteiger partial charge in [-0.25, -0.2) is 4.39 Å². The summed E-state index contributed by atoms with van der Waals surface area (Å²) in [7, 11) is 0. The second-order valence-corrected chi connectivity index (χ2v) is 5.62. The quantitative estimate of drug-likeness (QED) is 0.785. The Labute approximate surface area is 112 Å². The van der Waals surface area contributed by atoms with Gasteiger partial charge in [0.15, 0.2) is 11.6 Å². The average molecular weight is 262 g/mol. The number of likely N-dealkylation sites (tertiary alicyclic amines) is 1. The van der Waals surface area contributed by atoms with Crippen molar-refractivity contribution in [1.29, 1.82) is 0 Å². The van der Waals surface area contributed by atoms with Gasteiger partial charge in [-0.3, -0.25) is 14.7 Å². The van der Waals surface area contributed by atoms with Crippen LogP contribution in [-0.4, -0.2) is 34.3 Å². The molecule has 0 spiro atoms. The molecule has 2 heterocycles. The lowest BCUT2D eigenvalue weighted by molar-refractivity contribution is 0.0622. The Hall–Kier alpha value is -1.29. The van der Waals surface area contributed by atoms with Gasteiger partial charge in [-0.15, -0.1) is 0 Å². The lowest BCUT2D eigenvalue weighted by Crippen LogP contribution is -2.51. The molecular weight excluding hydrogens is 243 g/mol. The van der Waals surface area contributed by atoms with Crippen molar-refractivity contribution < 1.29 is 9.18 Å². The van der Waals surface area contributed by atoms with Gasteiger partial charge < -0.3 is 0 Å². The lowest BCUT2D eigenvalue weighted by Gasteiger charge is -2.37. The van der Waals surface area contributed by atoms with E-state index in [2.05, 4.69) is 9.88 Å². The summed E-state index contributed by atoms with van der Waals surface area (Å²) >= 11 is 0. The number of carbonyl (C=O) groups excluding carboxylic acids is 1. The van der Waals surface area contributed by atoms with E-state index in [1.807, 2.05) is 0 Å². The number of hydrogen-bond acceptors (Lipinski definition) is 3. The number of rotatable bonds is 3. The number of aromatic nitrogens is 1. The van der Waals surface area contributed by atoms with Crippen molar-refractivity contribution in [3.63, 3.8) is 0 Å². The molecule has 4 heteroatoms. The van der Waals surface area contributed by atoms with Crippen LogP contribution >= 0.6 is 0 Å². The van der Waals surface area contributed by atoms with Gasteiger partial charge in [0.1, 0.15) is 0 Å². The SMILES string of the molecule is O=C(c1ccncc1F)C1(N2CCCC2)CCCC1. The van der Waals surface area contributed by atoms with Gasteiger partial charge in [-0.05, 0) is 44.8 Å². The molecule has 0 amide bonds. The molecule has 1 aliphatic carbocycles. The number of ketones is 1. The van der Waals surface area contributed by atoms with E-state index in [4.69, 9.17) is 0 Å². The lowest BCUT2D eigenvalue weighted by atomic mass is 9.86. The minimum Gasteiger partial charge on any atom is -0.292 e. The van der Waals surface area contributed by atoms with E-state index in [-0.39, 0.29) is 11.3 Å². The fourth-order valence-electron chi connectivity index (χ4n) is 3.60. The summed E-state index contributed by atoms with van der Waals surface area (Å²) < 4.78 is 13.8. The van der Waals surface area contributed by atoms with Crippen molar-refractivity contribution in [3.8, 4) is 0 Å². The summed E-state index contributed by atoms with van der Waals surface area (Å²) in [6.45, 7) is 1.94. The highest BCUT2D eigenvalue weighted by Gasteiger charge is 2.47. The summed E-state index contributed by atoms with van der Waals surface area (Å²) in [5, 5.41) is 0. The van der Waals surface area contributed by atoms with Crippen LogP contribution in [-0.2, 0) is 0 Å². The summed E-state index contributed by atoms with van der Waals surface area (Å²) in [6.07, 6.45) is 8.80. The normalized spacial score (nSPS) is 22.8. The zero-order valence-corrected chi connectivity index (χ0v) is 11.1. The molecule has 3 nitrogen and oxygen atoms in total. The molecular formula is C15H19FN2O. The fourth-order valence-corrected chi connectivity index (χ4v) is 3.60. The molecule has 1 aromatic rings. The predicted octanol–water partition coefficient (Wildman–Crippen LogP) is 2.81. The predicted molar refractivity (Wildman–Crippen MR) is 70.5 cm³/mol. The Bertz CT molecular complexity index is 477. The van der Waals surface area contributed by atoms with Crippen molar-refractivity contribution >= 4 is 5.78 Å². The Balaban J connectivity index is 1.96. The van der Waals surface area contributed by atoms with Crippen LogP contribution in [0.5, 0.6) is 0 Å². The fraction of sp³-hybridized carbons (Fsp3) is 0.600. The van der Waals surface area contributed by atoms with E-state index < -0.39 is 11.4 Å². The number of nitrogens with zero attached hydrogens (tertiary/aromatic N) is 2. The molecule has 1 saturated heterocycles. The molecule has 0 unspecified atom stereocenters. The maximum absolute atomic E-state index is 13.8. The first-order valence-electron chi connectivity index (χ1n) is 7.13. The molecule has 102 valence electrons. The van der Waals surface area contributed by atoms with E-state index in [9.17, 15) is 9.18 Å². The number of hydrogen-bond donors (Lipinski definition) is 0. The van der Waals surface area contributed by atoms with Crippen LogP contribution in [0.3, 0.4) is 0 Å². The highest BCUT2D eigenvalue weighted by molar-refractivity contribution is 6.03. The van der Waals surface area contributed by atoms with Crippen LogP contribution in [0.1, 0.15) is 48.9 Å². The van der Waals surface area contributed by atoms with Crippen LogP contribution in [0, 0.1) is 5.82 Å². The molecule has 3 rings (SSSR count). The smallest absolute Gasteiger partial charge is 0.186 e. The molecule has 1 aromatic heterocycles. The standard InChI is InChI=1S/C15H19FN2O/c16-13-11-17-8-5-12(13)14(19)15(6-1-2-7-15)18-9-3-4-10-18/h5,8,11H,1-4,6-7,9-10H2. The monoisotopic (exact) mass is 262 g/mol. The topological polar surface area (TPSA) is 33.2 Å². The molecule has 0 bridgehead atoms. The zero-order chi connectivity index (χ0) is 13.3. The van der Waals surface area contributed by atoms with Crippen molar-refractivity contribution in [2.45, 2.75) is 44.1 Å². The van der Waals surface area contributed by atoms with Gasteiger partial charge in [0.05, 0.1) is 17.3 Å². The van der Waals surface area contributed by atoms with Crippen molar-refractivity contribution in [2.24, 2.45) is 0 Å². The zero-order valence-electron chi connectivity index (χ0n) is 11.1. The third-order valence-electron chi connectivity index (χ3n) is 4.58. The van der Waals surface area contributed by atoms with Gasteiger partial charge in [0.2, 0.25) is 0 Å². The maximum Gasteiger partial charge on any atom is 0.186 e. The van der Waals surface area contributed by atoms with Crippen molar-refractivity contribution in [2.75, 3.05) is 13.1 Å². The van der Waals surface area contributed by atoms with Crippen LogP contribution in [0.2, 0.25) is 0 Å². The molecule has 1 aliphatic heterocycles. The second kappa shape index (κ2) is 5.00. The number of carbonyl (C=O) groups is 1. The van der Waals surface area contributed by atoms with E-state index in [0.29, 0.717) is 0 Å². The van der Waals surface area contributed by atoms with Gasteiger partial charge in [0.25, 0.3) is 0 Å². The van der Waals surface area contributed by atoms with Gasteiger partial charge in [0, 0.05) is 6.20 Å². The van der Waals surface area contributed by atoms with E-state index in [1.165, 1.54) is 12.3 Å². The molecule has 0 N–H and O–H groups in total. The molecule has 19 heavy (non-hydrogen) atoms. The van der Waals surface area contributed by atoms with Crippen LogP contribution in [0.25, 0.3) is 0 Å². The molecule has 0 radical (unpaired) electrons. The van der Waals surface area contributed by atoms with E-state index >= 15 is 0 Å². The molecule has 2 fully saturated rings. The first-order valence-corrected chi connectivity index (χ1v) is 7.13. The molecule has 0 atom stereocenters. The van der Waals surface area contributed by atoms with Gasteiger partial charge >= 0.3 is 0 Å². The van der Waals surface area contributed by atoms with Crippen molar-refractivity contribution in [3.05, 3.63) is 29.8 Å². The summed E-state index contributed by atoms with van der Waals surface area (Å²) in [5.74, 6) is -0.523.